The van der Waals surface area contributed by atoms with Crippen molar-refractivity contribution in [2.75, 3.05) is 19.8 Å². The van der Waals surface area contributed by atoms with Gasteiger partial charge in [0.25, 0.3) is 0 Å². The van der Waals surface area contributed by atoms with Gasteiger partial charge in [-0.1, -0.05) is 129 Å². The Labute approximate surface area is 267 Å². The second-order valence-electron chi connectivity index (χ2n) is 12.0. The number of phosphoric ester groups is 1. The molecule has 0 spiro atoms. The van der Waals surface area contributed by atoms with Gasteiger partial charge in [-0.15, -0.1) is 0 Å². The molecule has 0 bridgehead atoms. The third kappa shape index (κ3) is 33.4. The number of unbranched alkanes of at least 4 members (excludes halogenated alkanes) is 20. The van der Waals surface area contributed by atoms with Crippen molar-refractivity contribution in [3.05, 3.63) is 0 Å². The summed E-state index contributed by atoms with van der Waals surface area (Å²) in [6, 6.07) is 0. The smallest absolute Gasteiger partial charge is 0.462 e. The predicted molar refractivity (Wildman–Crippen MR) is 174 cm³/mol. The molecule has 0 aliphatic carbocycles. The van der Waals surface area contributed by atoms with Gasteiger partial charge in [-0.25, -0.2) is 4.57 Å². The fraction of sp³-hybridized carbons (Fsp3) is 0.909. The zero-order valence-electron chi connectivity index (χ0n) is 27.9. The second kappa shape index (κ2) is 30.2. The molecule has 0 saturated heterocycles. The first-order valence-electron chi connectivity index (χ1n) is 17.4. The molecule has 260 valence electrons. The molecule has 0 saturated carbocycles. The molecule has 0 radical (unpaired) electrons. The SMILES string of the molecule is CCCCCCCCCCCCC(=O)O[C@@H](COC(=O)CCCCCCCCCCCCCCNC(C)=O)COP(=O)(O)O. The molecule has 0 fully saturated rings. The van der Waals surface area contributed by atoms with Gasteiger partial charge in [-0.05, 0) is 19.3 Å². The van der Waals surface area contributed by atoms with Gasteiger partial charge in [-0.3, -0.25) is 18.9 Å². The lowest BCUT2D eigenvalue weighted by molar-refractivity contribution is -0.161. The van der Waals surface area contributed by atoms with Crippen molar-refractivity contribution in [1.82, 2.24) is 5.32 Å². The van der Waals surface area contributed by atoms with Crippen LogP contribution in [0.3, 0.4) is 0 Å². The number of esters is 2. The summed E-state index contributed by atoms with van der Waals surface area (Å²) in [6.07, 6.45) is 24.3. The molecule has 3 N–H and O–H groups in total. The molecule has 0 aliphatic rings. The maximum atomic E-state index is 12.3. The lowest BCUT2D eigenvalue weighted by Crippen LogP contribution is -2.29. The number of amides is 1. The highest BCUT2D eigenvalue weighted by molar-refractivity contribution is 7.46. The minimum Gasteiger partial charge on any atom is -0.462 e. The minimum absolute atomic E-state index is 0.0384. The standard InChI is InChI=1S/C33H64NO9P/c1-3-4-5-6-7-8-13-17-20-23-26-33(37)43-31(29-42-44(38,39)40)28-41-32(36)25-22-19-16-14-11-9-10-12-15-18-21-24-27-34-30(2)35/h31H,3-29H2,1-2H3,(H,34,35)(H2,38,39,40)/t31-/m0/s1. The van der Waals surface area contributed by atoms with E-state index in [2.05, 4.69) is 16.8 Å². The zero-order chi connectivity index (χ0) is 32.7. The number of rotatable bonds is 32. The van der Waals surface area contributed by atoms with E-state index in [1.165, 1.54) is 77.0 Å². The maximum absolute atomic E-state index is 12.3. The van der Waals surface area contributed by atoms with E-state index in [9.17, 15) is 18.9 Å². The van der Waals surface area contributed by atoms with E-state index in [1.54, 1.807) is 6.92 Å². The van der Waals surface area contributed by atoms with Crippen molar-refractivity contribution in [3.63, 3.8) is 0 Å². The lowest BCUT2D eigenvalue weighted by Gasteiger charge is -2.18. The fourth-order valence-electron chi connectivity index (χ4n) is 4.98. The Morgan fingerprint density at radius 2 is 1.02 bits per heavy atom. The van der Waals surface area contributed by atoms with Gasteiger partial charge in [0.1, 0.15) is 6.61 Å². The largest absolute Gasteiger partial charge is 0.469 e. The van der Waals surface area contributed by atoms with E-state index in [0.717, 1.165) is 57.9 Å². The average Bonchev–Trinajstić information content (AvgIpc) is 2.96. The predicted octanol–water partition coefficient (Wildman–Crippen LogP) is 8.07. The van der Waals surface area contributed by atoms with Crippen LogP contribution in [-0.4, -0.2) is 53.5 Å². The van der Waals surface area contributed by atoms with Crippen LogP contribution in [0.1, 0.15) is 168 Å². The van der Waals surface area contributed by atoms with Crippen LogP contribution >= 0.6 is 7.82 Å². The Bertz CT molecular complexity index is 760. The van der Waals surface area contributed by atoms with E-state index in [-0.39, 0.29) is 25.4 Å². The third-order valence-electron chi connectivity index (χ3n) is 7.57. The first-order valence-corrected chi connectivity index (χ1v) is 19.0. The Kier molecular flexibility index (Phi) is 29.2. The van der Waals surface area contributed by atoms with Crippen LogP contribution in [0, 0.1) is 0 Å². The molecule has 11 heteroatoms. The third-order valence-corrected chi connectivity index (χ3v) is 8.06. The van der Waals surface area contributed by atoms with Crippen molar-refractivity contribution in [3.8, 4) is 0 Å². The summed E-state index contributed by atoms with van der Waals surface area (Å²) in [7, 11) is -4.75. The maximum Gasteiger partial charge on any atom is 0.469 e. The normalized spacial score (nSPS) is 12.2. The molecule has 1 amide bonds. The first kappa shape index (κ1) is 42.5. The molecular weight excluding hydrogens is 585 g/mol. The zero-order valence-corrected chi connectivity index (χ0v) is 28.8. The van der Waals surface area contributed by atoms with E-state index >= 15 is 0 Å². The van der Waals surface area contributed by atoms with Gasteiger partial charge in [-0.2, -0.15) is 0 Å². The highest BCUT2D eigenvalue weighted by Crippen LogP contribution is 2.36. The molecule has 44 heavy (non-hydrogen) atoms. The summed E-state index contributed by atoms with van der Waals surface area (Å²) in [4.78, 5) is 53.3. The molecule has 0 heterocycles. The molecule has 0 aromatic carbocycles. The van der Waals surface area contributed by atoms with Gasteiger partial charge in [0, 0.05) is 26.3 Å². The Balaban J connectivity index is 3.91. The van der Waals surface area contributed by atoms with Crippen LogP contribution < -0.4 is 5.32 Å². The van der Waals surface area contributed by atoms with Gasteiger partial charge in [0.05, 0.1) is 6.61 Å². The number of nitrogens with one attached hydrogen (secondary N) is 1. The average molecular weight is 650 g/mol. The Morgan fingerprint density at radius 3 is 1.45 bits per heavy atom. The summed E-state index contributed by atoms with van der Waals surface area (Å²) >= 11 is 0. The summed E-state index contributed by atoms with van der Waals surface area (Å²) in [5.74, 6) is -0.871. The van der Waals surface area contributed by atoms with E-state index in [0.29, 0.717) is 12.8 Å². The number of ether oxygens (including phenoxy) is 2. The number of hydrogen-bond acceptors (Lipinski definition) is 7. The number of carbonyl (C=O) groups excluding carboxylic acids is 3. The van der Waals surface area contributed by atoms with Crippen molar-refractivity contribution in [2.24, 2.45) is 0 Å². The Hall–Kier alpha value is -1.48. The van der Waals surface area contributed by atoms with Crippen molar-refractivity contribution in [1.29, 1.82) is 0 Å². The molecule has 1 atom stereocenters. The van der Waals surface area contributed by atoms with E-state index < -0.39 is 32.5 Å². The van der Waals surface area contributed by atoms with Crippen LogP contribution in [0.4, 0.5) is 0 Å². The lowest BCUT2D eigenvalue weighted by atomic mass is 10.0. The van der Waals surface area contributed by atoms with Crippen LogP contribution in [0.25, 0.3) is 0 Å². The summed E-state index contributed by atoms with van der Waals surface area (Å²) in [5, 5.41) is 2.82. The molecule has 0 aromatic rings. The van der Waals surface area contributed by atoms with E-state index in [4.69, 9.17) is 19.3 Å². The van der Waals surface area contributed by atoms with Crippen molar-refractivity contribution in [2.45, 2.75) is 174 Å². The van der Waals surface area contributed by atoms with Gasteiger partial charge >= 0.3 is 19.8 Å². The summed E-state index contributed by atoms with van der Waals surface area (Å²) in [6.45, 7) is 3.70. The topological polar surface area (TPSA) is 148 Å². The first-order chi connectivity index (χ1) is 21.1. The summed E-state index contributed by atoms with van der Waals surface area (Å²) < 4.78 is 26.2. The van der Waals surface area contributed by atoms with Gasteiger partial charge < -0.3 is 24.6 Å². The number of carbonyl (C=O) groups is 3. The molecule has 0 rings (SSSR count). The van der Waals surface area contributed by atoms with Gasteiger partial charge in [0.2, 0.25) is 5.91 Å². The highest BCUT2D eigenvalue weighted by atomic mass is 31.2. The molecular formula is C33H64NO9P. The number of hydrogen-bond donors (Lipinski definition) is 3. The van der Waals surface area contributed by atoms with Crippen molar-refractivity contribution < 1.29 is 42.7 Å². The second-order valence-corrected chi connectivity index (χ2v) is 13.2. The van der Waals surface area contributed by atoms with E-state index in [1.807, 2.05) is 0 Å². The molecule has 0 aliphatic heterocycles. The van der Waals surface area contributed by atoms with Crippen LogP contribution in [0.5, 0.6) is 0 Å². The monoisotopic (exact) mass is 649 g/mol. The van der Waals surface area contributed by atoms with Crippen LogP contribution in [0.2, 0.25) is 0 Å². The molecule has 10 nitrogen and oxygen atoms in total. The molecule has 0 aromatic heterocycles. The van der Waals surface area contributed by atoms with Crippen molar-refractivity contribution >= 4 is 25.7 Å². The van der Waals surface area contributed by atoms with Gasteiger partial charge in [0.15, 0.2) is 6.10 Å². The Morgan fingerprint density at radius 1 is 0.614 bits per heavy atom. The summed E-state index contributed by atoms with van der Waals surface area (Å²) in [5.41, 5.74) is 0. The highest BCUT2D eigenvalue weighted by Gasteiger charge is 2.22. The van der Waals surface area contributed by atoms with Crippen LogP contribution in [-0.2, 0) is 32.9 Å². The quantitative estimate of drug-likeness (QED) is 0.0374. The number of phosphoric acid groups is 1. The minimum atomic E-state index is -4.75. The molecule has 0 unspecified atom stereocenters. The van der Waals surface area contributed by atoms with Crippen LogP contribution in [0.15, 0.2) is 0 Å². The fourth-order valence-corrected chi connectivity index (χ4v) is 5.34.